The highest BCUT2D eigenvalue weighted by atomic mass is 16.6. The van der Waals surface area contributed by atoms with Gasteiger partial charge < -0.3 is 14.7 Å². The number of rotatable bonds is 3. The van der Waals surface area contributed by atoms with E-state index in [0.717, 1.165) is 18.4 Å². The van der Waals surface area contributed by atoms with Crippen LogP contribution in [0.15, 0.2) is 24.3 Å². The number of β-lactam (4-membered cyclic amide) rings is 1. The topological polar surface area (TPSA) is 70.1 Å². The van der Waals surface area contributed by atoms with Gasteiger partial charge in [-0.2, -0.15) is 0 Å². The number of benzene rings is 1. The molecule has 168 valence electrons. The third-order valence-corrected chi connectivity index (χ3v) is 5.58. The second-order valence-electron chi connectivity index (χ2n) is 10.4. The van der Waals surface area contributed by atoms with E-state index in [1.54, 1.807) is 31.7 Å². The summed E-state index contributed by atoms with van der Waals surface area (Å²) < 4.78 is 5.67. The summed E-state index contributed by atoms with van der Waals surface area (Å²) in [4.78, 5) is 29.0. The number of carbonyl (C=O) groups excluding carboxylic acids is 2. The lowest BCUT2D eigenvalue weighted by Crippen LogP contribution is -2.74. The first-order chi connectivity index (χ1) is 14.3. The van der Waals surface area contributed by atoms with Crippen molar-refractivity contribution in [1.82, 2.24) is 4.90 Å². The van der Waals surface area contributed by atoms with Gasteiger partial charge in [0.25, 0.3) is 0 Å². The van der Waals surface area contributed by atoms with Gasteiger partial charge in [0.05, 0.1) is 12.1 Å². The van der Waals surface area contributed by atoms with Crippen molar-refractivity contribution in [2.45, 2.75) is 84.6 Å². The molecule has 2 heterocycles. The van der Waals surface area contributed by atoms with E-state index in [-0.39, 0.29) is 12.3 Å². The van der Waals surface area contributed by atoms with Gasteiger partial charge >= 0.3 is 6.09 Å². The highest BCUT2D eigenvalue weighted by molar-refractivity contribution is 5.99. The van der Waals surface area contributed by atoms with Crippen LogP contribution in [0.3, 0.4) is 0 Å². The van der Waals surface area contributed by atoms with Crippen LogP contribution in [-0.2, 0) is 15.1 Å². The molecule has 6 nitrogen and oxygen atoms in total. The van der Waals surface area contributed by atoms with Crippen molar-refractivity contribution in [2.24, 2.45) is 5.41 Å². The normalized spacial score (nSPS) is 25.1. The molecule has 3 rings (SSSR count). The summed E-state index contributed by atoms with van der Waals surface area (Å²) in [6.07, 6.45) is 1.11. The molecule has 2 aliphatic rings. The lowest BCUT2D eigenvalue weighted by atomic mass is 9.71. The van der Waals surface area contributed by atoms with Crippen LogP contribution in [0, 0.1) is 17.3 Å². The predicted octanol–water partition coefficient (Wildman–Crippen LogP) is 4.41. The maximum Gasteiger partial charge on any atom is 0.418 e. The Bertz CT molecular complexity index is 947. The zero-order valence-corrected chi connectivity index (χ0v) is 19.7. The number of aliphatic hydroxyl groups is 1. The maximum absolute atomic E-state index is 13.4. The van der Waals surface area contributed by atoms with E-state index >= 15 is 0 Å². The fourth-order valence-corrected chi connectivity index (χ4v) is 4.25. The van der Waals surface area contributed by atoms with E-state index < -0.39 is 28.4 Å². The molecule has 2 amide bonds. The van der Waals surface area contributed by atoms with Crippen LogP contribution in [0.1, 0.15) is 73.3 Å². The average Bonchev–Trinajstić information content (AvgIpc) is 2.86. The highest BCUT2D eigenvalue weighted by Gasteiger charge is 2.72. The summed E-state index contributed by atoms with van der Waals surface area (Å²) in [6.45, 7) is 13.7. The summed E-state index contributed by atoms with van der Waals surface area (Å²) in [5.41, 5.74) is -2.97. The quantitative estimate of drug-likeness (QED) is 0.574. The number of anilines is 1. The molecule has 0 radical (unpaired) electrons. The Morgan fingerprint density at radius 1 is 1.19 bits per heavy atom. The van der Waals surface area contributed by atoms with Gasteiger partial charge in [0.15, 0.2) is 0 Å². The fraction of sp³-hybridized carbons (Fsp3) is 0.600. The summed E-state index contributed by atoms with van der Waals surface area (Å²) >= 11 is 0. The molecule has 1 N–H and O–H groups in total. The van der Waals surface area contributed by atoms with Gasteiger partial charge in [-0.25, -0.2) is 9.69 Å². The van der Waals surface area contributed by atoms with E-state index in [1.807, 2.05) is 39.0 Å². The van der Waals surface area contributed by atoms with E-state index in [0.29, 0.717) is 12.2 Å². The molecule has 1 fully saturated rings. The molecule has 0 aromatic heterocycles. The number of hydrogen-bond acceptors (Lipinski definition) is 4. The standard InChI is InChI=1S/C25H34N2O4/c1-8-9-16-26-20(28)17-24(26)18-12-10-11-13-19(18)27(21(29)31-23(5,6)7)25(24,30)15-14-22(2,3)4/h10-13,30H,8-9,16-17H2,1-7H3. The Hall–Kier alpha value is -2.52. The van der Waals surface area contributed by atoms with E-state index in [4.69, 9.17) is 4.74 Å². The Morgan fingerprint density at radius 3 is 2.39 bits per heavy atom. The van der Waals surface area contributed by atoms with Gasteiger partial charge in [-0.1, -0.05) is 37.5 Å². The summed E-state index contributed by atoms with van der Waals surface area (Å²) in [5, 5.41) is 12.2. The number of amides is 2. The van der Waals surface area contributed by atoms with Gasteiger partial charge in [0, 0.05) is 17.5 Å². The third-order valence-electron chi connectivity index (χ3n) is 5.58. The number of nitrogens with zero attached hydrogens (tertiary/aromatic N) is 2. The molecule has 2 aliphatic heterocycles. The number of unbranched alkanes of at least 4 members (excludes halogenated alkanes) is 1. The third kappa shape index (κ3) is 3.80. The maximum atomic E-state index is 13.4. The van der Waals surface area contributed by atoms with Gasteiger partial charge in [-0.3, -0.25) is 4.79 Å². The largest absolute Gasteiger partial charge is 0.443 e. The summed E-state index contributed by atoms with van der Waals surface area (Å²) in [7, 11) is 0. The van der Waals surface area contributed by atoms with E-state index in [1.165, 1.54) is 4.90 Å². The summed E-state index contributed by atoms with van der Waals surface area (Å²) in [5.74, 6) is 6.08. The minimum Gasteiger partial charge on any atom is -0.443 e. The molecule has 0 aliphatic carbocycles. The molecule has 31 heavy (non-hydrogen) atoms. The smallest absolute Gasteiger partial charge is 0.418 e. The SMILES string of the molecule is CCCCN1C(=O)CC12c1ccccc1N(C(=O)OC(C)(C)C)C2(O)C#CC(C)(C)C. The molecule has 1 aromatic rings. The minimum absolute atomic E-state index is 0.0507. The number of hydrogen-bond donors (Lipinski definition) is 1. The molecule has 1 aromatic carbocycles. The first kappa shape index (κ1) is 23.1. The van der Waals surface area contributed by atoms with Crippen molar-refractivity contribution in [3.63, 3.8) is 0 Å². The first-order valence-corrected chi connectivity index (χ1v) is 11.0. The number of carbonyl (C=O) groups is 2. The molecule has 2 atom stereocenters. The minimum atomic E-state index is -1.94. The zero-order valence-electron chi connectivity index (χ0n) is 19.7. The molecule has 0 bridgehead atoms. The van der Waals surface area contributed by atoms with Crippen LogP contribution >= 0.6 is 0 Å². The van der Waals surface area contributed by atoms with E-state index in [2.05, 4.69) is 18.8 Å². The molecular weight excluding hydrogens is 392 g/mol. The molecule has 2 unspecified atom stereocenters. The number of fused-ring (bicyclic) bond motifs is 2. The molecule has 1 saturated heterocycles. The predicted molar refractivity (Wildman–Crippen MR) is 120 cm³/mol. The second kappa shape index (κ2) is 7.56. The number of likely N-dealkylation sites (tertiary alicyclic amines) is 1. The first-order valence-electron chi connectivity index (χ1n) is 11.0. The van der Waals surface area contributed by atoms with Crippen LogP contribution in [0.25, 0.3) is 0 Å². The Morgan fingerprint density at radius 2 is 1.84 bits per heavy atom. The van der Waals surface area contributed by atoms with Crippen molar-refractivity contribution in [1.29, 1.82) is 0 Å². The van der Waals surface area contributed by atoms with Crippen LogP contribution in [0.2, 0.25) is 0 Å². The van der Waals surface area contributed by atoms with Gasteiger partial charge in [0.1, 0.15) is 11.1 Å². The van der Waals surface area contributed by atoms with Crippen LogP contribution < -0.4 is 4.90 Å². The number of ether oxygens (including phenoxy) is 1. The van der Waals surface area contributed by atoms with Crippen LogP contribution in [0.4, 0.5) is 10.5 Å². The second-order valence-corrected chi connectivity index (χ2v) is 10.4. The zero-order chi connectivity index (χ0) is 23.2. The van der Waals surface area contributed by atoms with Crippen LogP contribution in [0.5, 0.6) is 0 Å². The lowest BCUT2D eigenvalue weighted by molar-refractivity contribution is -0.179. The van der Waals surface area contributed by atoms with Crippen molar-refractivity contribution in [2.75, 3.05) is 11.4 Å². The van der Waals surface area contributed by atoms with Crippen molar-refractivity contribution >= 4 is 17.7 Å². The van der Waals surface area contributed by atoms with Crippen molar-refractivity contribution in [3.8, 4) is 11.8 Å². The Balaban J connectivity index is 2.25. The van der Waals surface area contributed by atoms with E-state index in [9.17, 15) is 14.7 Å². The fourth-order valence-electron chi connectivity index (χ4n) is 4.25. The highest BCUT2D eigenvalue weighted by Crippen LogP contribution is 2.59. The summed E-state index contributed by atoms with van der Waals surface area (Å²) in [6, 6.07) is 7.31. The van der Waals surface area contributed by atoms with Gasteiger partial charge in [-0.15, -0.1) is 0 Å². The van der Waals surface area contributed by atoms with Gasteiger partial charge in [0.2, 0.25) is 11.6 Å². The Kier molecular flexibility index (Phi) is 5.65. The number of para-hydroxylation sites is 1. The molecule has 6 heteroatoms. The Labute approximate surface area is 185 Å². The van der Waals surface area contributed by atoms with Gasteiger partial charge in [-0.05, 0) is 60.0 Å². The average molecular weight is 427 g/mol. The monoisotopic (exact) mass is 426 g/mol. The van der Waals surface area contributed by atoms with Crippen LogP contribution in [-0.4, -0.2) is 39.9 Å². The van der Waals surface area contributed by atoms with Crippen molar-refractivity contribution < 1.29 is 19.4 Å². The van der Waals surface area contributed by atoms with Crippen molar-refractivity contribution in [3.05, 3.63) is 29.8 Å². The lowest BCUT2D eigenvalue weighted by Gasteiger charge is -2.55. The molecule has 0 saturated carbocycles. The molecular formula is C25H34N2O4. The molecule has 1 spiro atoms.